The predicted molar refractivity (Wildman–Crippen MR) is 69.6 cm³/mol. The van der Waals surface area contributed by atoms with Crippen molar-refractivity contribution < 1.29 is 0 Å². The van der Waals surface area contributed by atoms with E-state index in [1.807, 2.05) is 18.5 Å². The molecule has 0 aromatic carbocycles. The zero-order valence-corrected chi connectivity index (χ0v) is 10.4. The van der Waals surface area contributed by atoms with Gasteiger partial charge in [0, 0.05) is 45.1 Å². The number of hydrogen-bond donors (Lipinski definition) is 1. The van der Waals surface area contributed by atoms with Crippen LogP contribution in [0.2, 0.25) is 0 Å². The molecule has 1 aliphatic heterocycles. The molecule has 1 fully saturated rings. The second-order valence-corrected chi connectivity index (χ2v) is 4.62. The van der Waals surface area contributed by atoms with Gasteiger partial charge in [-0.2, -0.15) is 0 Å². The van der Waals surface area contributed by atoms with Crippen molar-refractivity contribution in [1.29, 1.82) is 0 Å². The SMILES string of the molecule is NCCN1CCCN(Cc2cccnc2)CC1. The number of rotatable bonds is 4. The zero-order valence-electron chi connectivity index (χ0n) is 10.4. The summed E-state index contributed by atoms with van der Waals surface area (Å²) in [6, 6.07) is 4.16. The summed E-state index contributed by atoms with van der Waals surface area (Å²) in [5.74, 6) is 0. The molecule has 0 amide bonds. The summed E-state index contributed by atoms with van der Waals surface area (Å²) in [4.78, 5) is 9.13. The van der Waals surface area contributed by atoms with Crippen LogP contribution < -0.4 is 5.73 Å². The summed E-state index contributed by atoms with van der Waals surface area (Å²) in [5, 5.41) is 0. The molecule has 0 saturated carbocycles. The molecular weight excluding hydrogens is 212 g/mol. The largest absolute Gasteiger partial charge is 0.329 e. The minimum atomic E-state index is 0.766. The lowest BCUT2D eigenvalue weighted by atomic mass is 10.2. The molecule has 1 saturated heterocycles. The molecule has 2 N–H and O–H groups in total. The van der Waals surface area contributed by atoms with Crippen LogP contribution in [-0.4, -0.2) is 54.1 Å². The highest BCUT2D eigenvalue weighted by Crippen LogP contribution is 2.07. The van der Waals surface area contributed by atoms with Gasteiger partial charge in [-0.05, 0) is 31.1 Å². The summed E-state index contributed by atoms with van der Waals surface area (Å²) < 4.78 is 0. The number of nitrogens with two attached hydrogens (primary N) is 1. The third-order valence-corrected chi connectivity index (χ3v) is 3.26. The first-order chi connectivity index (χ1) is 8.38. The van der Waals surface area contributed by atoms with Crippen LogP contribution in [0.1, 0.15) is 12.0 Å². The minimum Gasteiger partial charge on any atom is -0.329 e. The summed E-state index contributed by atoms with van der Waals surface area (Å²) in [6.45, 7) is 7.44. The molecule has 2 heterocycles. The number of pyridine rings is 1. The molecule has 0 unspecified atom stereocenters. The van der Waals surface area contributed by atoms with E-state index in [0.29, 0.717) is 0 Å². The Labute approximate surface area is 103 Å². The second kappa shape index (κ2) is 6.69. The van der Waals surface area contributed by atoms with E-state index in [-0.39, 0.29) is 0 Å². The van der Waals surface area contributed by atoms with E-state index in [9.17, 15) is 0 Å². The van der Waals surface area contributed by atoms with Crippen LogP contribution >= 0.6 is 0 Å². The lowest BCUT2D eigenvalue weighted by Crippen LogP contribution is -2.33. The molecule has 4 nitrogen and oxygen atoms in total. The van der Waals surface area contributed by atoms with Gasteiger partial charge in [0.2, 0.25) is 0 Å². The van der Waals surface area contributed by atoms with Crippen LogP contribution in [0, 0.1) is 0 Å². The monoisotopic (exact) mass is 234 g/mol. The van der Waals surface area contributed by atoms with Crippen LogP contribution in [0.5, 0.6) is 0 Å². The maximum atomic E-state index is 5.61. The van der Waals surface area contributed by atoms with Gasteiger partial charge in [-0.15, -0.1) is 0 Å². The lowest BCUT2D eigenvalue weighted by Gasteiger charge is -2.21. The molecule has 1 aliphatic rings. The molecule has 0 atom stereocenters. The second-order valence-electron chi connectivity index (χ2n) is 4.62. The highest BCUT2D eigenvalue weighted by atomic mass is 15.2. The molecule has 2 rings (SSSR count). The Balaban J connectivity index is 1.83. The summed E-state index contributed by atoms with van der Waals surface area (Å²) in [6.07, 6.45) is 5.03. The van der Waals surface area contributed by atoms with Crippen LogP contribution in [0.3, 0.4) is 0 Å². The van der Waals surface area contributed by atoms with E-state index in [1.165, 1.54) is 25.1 Å². The van der Waals surface area contributed by atoms with Crippen molar-refractivity contribution in [2.45, 2.75) is 13.0 Å². The molecule has 0 radical (unpaired) electrons. The van der Waals surface area contributed by atoms with Gasteiger partial charge in [-0.1, -0.05) is 6.07 Å². The first kappa shape index (κ1) is 12.5. The van der Waals surface area contributed by atoms with Crippen molar-refractivity contribution in [3.63, 3.8) is 0 Å². The van der Waals surface area contributed by atoms with Gasteiger partial charge in [0.25, 0.3) is 0 Å². The van der Waals surface area contributed by atoms with Crippen LogP contribution in [0.25, 0.3) is 0 Å². The average molecular weight is 234 g/mol. The van der Waals surface area contributed by atoms with Gasteiger partial charge < -0.3 is 10.6 Å². The minimum absolute atomic E-state index is 0.766. The smallest absolute Gasteiger partial charge is 0.0312 e. The van der Waals surface area contributed by atoms with Crippen molar-refractivity contribution in [1.82, 2.24) is 14.8 Å². The predicted octanol–water partition coefficient (Wildman–Crippen LogP) is 0.548. The van der Waals surface area contributed by atoms with Crippen LogP contribution in [0.4, 0.5) is 0 Å². The third kappa shape index (κ3) is 4.07. The standard InChI is InChI=1S/C13H22N4/c14-4-8-16-6-2-7-17(10-9-16)12-13-3-1-5-15-11-13/h1,3,5,11H,2,4,6-10,12,14H2. The fourth-order valence-electron chi connectivity index (χ4n) is 2.34. The number of nitrogens with zero attached hydrogens (tertiary/aromatic N) is 3. The average Bonchev–Trinajstić information content (AvgIpc) is 2.57. The molecule has 94 valence electrons. The van der Waals surface area contributed by atoms with Gasteiger partial charge in [0.05, 0.1) is 0 Å². The normalized spacial score (nSPS) is 19.1. The topological polar surface area (TPSA) is 45.4 Å². The van der Waals surface area contributed by atoms with Gasteiger partial charge in [-0.3, -0.25) is 9.88 Å². The van der Waals surface area contributed by atoms with Gasteiger partial charge in [0.1, 0.15) is 0 Å². The maximum absolute atomic E-state index is 5.61. The molecule has 1 aromatic heterocycles. The Morgan fingerprint density at radius 3 is 2.76 bits per heavy atom. The van der Waals surface area contributed by atoms with E-state index in [1.54, 1.807) is 0 Å². The molecule has 0 bridgehead atoms. The van der Waals surface area contributed by atoms with Crippen molar-refractivity contribution in [3.8, 4) is 0 Å². The van der Waals surface area contributed by atoms with Crippen molar-refractivity contribution >= 4 is 0 Å². The van der Waals surface area contributed by atoms with Gasteiger partial charge in [0.15, 0.2) is 0 Å². The van der Waals surface area contributed by atoms with Gasteiger partial charge in [-0.25, -0.2) is 0 Å². The summed E-state index contributed by atoms with van der Waals surface area (Å²) in [7, 11) is 0. The van der Waals surface area contributed by atoms with E-state index >= 15 is 0 Å². The zero-order chi connectivity index (χ0) is 11.9. The molecule has 1 aromatic rings. The Bertz CT molecular complexity index is 314. The highest BCUT2D eigenvalue weighted by molar-refractivity contribution is 5.08. The lowest BCUT2D eigenvalue weighted by molar-refractivity contribution is 0.254. The van der Waals surface area contributed by atoms with Crippen molar-refractivity contribution in [2.75, 3.05) is 39.3 Å². The Kier molecular flexibility index (Phi) is 4.91. The quantitative estimate of drug-likeness (QED) is 0.826. The molecule has 4 heteroatoms. The first-order valence-corrected chi connectivity index (χ1v) is 6.42. The van der Waals surface area contributed by atoms with E-state index in [0.717, 1.165) is 32.7 Å². The Hall–Kier alpha value is -0.970. The third-order valence-electron chi connectivity index (χ3n) is 3.26. The maximum Gasteiger partial charge on any atom is 0.0312 e. The number of hydrogen-bond acceptors (Lipinski definition) is 4. The van der Waals surface area contributed by atoms with E-state index in [2.05, 4.69) is 20.9 Å². The van der Waals surface area contributed by atoms with Gasteiger partial charge >= 0.3 is 0 Å². The highest BCUT2D eigenvalue weighted by Gasteiger charge is 2.14. The van der Waals surface area contributed by atoms with Crippen LogP contribution in [0.15, 0.2) is 24.5 Å². The van der Waals surface area contributed by atoms with Crippen molar-refractivity contribution in [3.05, 3.63) is 30.1 Å². The van der Waals surface area contributed by atoms with E-state index in [4.69, 9.17) is 5.73 Å². The molecule has 17 heavy (non-hydrogen) atoms. The first-order valence-electron chi connectivity index (χ1n) is 6.42. The Morgan fingerprint density at radius 2 is 2.00 bits per heavy atom. The van der Waals surface area contributed by atoms with Crippen LogP contribution in [-0.2, 0) is 6.54 Å². The van der Waals surface area contributed by atoms with E-state index < -0.39 is 0 Å². The fraction of sp³-hybridized carbons (Fsp3) is 0.615. The Morgan fingerprint density at radius 1 is 1.18 bits per heavy atom. The summed E-state index contributed by atoms with van der Waals surface area (Å²) >= 11 is 0. The molecule has 0 aliphatic carbocycles. The molecular formula is C13H22N4. The molecule has 0 spiro atoms. The number of aromatic nitrogens is 1. The van der Waals surface area contributed by atoms with Crippen molar-refractivity contribution in [2.24, 2.45) is 5.73 Å². The summed E-state index contributed by atoms with van der Waals surface area (Å²) in [5.41, 5.74) is 6.91. The fourth-order valence-corrected chi connectivity index (χ4v) is 2.34.